The molecule has 0 saturated heterocycles. The monoisotopic (exact) mass is 325 g/mol. The predicted molar refractivity (Wildman–Crippen MR) is 90.3 cm³/mol. The molecule has 124 valence electrons. The molecule has 2 heterocycles. The van der Waals surface area contributed by atoms with Crippen LogP contribution in [0.2, 0.25) is 0 Å². The van der Waals surface area contributed by atoms with Crippen molar-refractivity contribution >= 4 is 11.7 Å². The predicted octanol–water partition coefficient (Wildman–Crippen LogP) is 1.89. The Morgan fingerprint density at radius 3 is 2.96 bits per heavy atom. The highest BCUT2D eigenvalue weighted by molar-refractivity contribution is 5.90. The number of hydrogen-bond acceptors (Lipinski definition) is 4. The van der Waals surface area contributed by atoms with E-state index in [9.17, 15) is 4.79 Å². The van der Waals surface area contributed by atoms with Gasteiger partial charge in [-0.05, 0) is 19.1 Å². The first-order valence-corrected chi connectivity index (χ1v) is 7.59. The molecule has 3 rings (SSSR count). The Hall–Kier alpha value is -3.16. The minimum Gasteiger partial charge on any atom is -0.334 e. The molecule has 0 aliphatic heterocycles. The molecule has 1 aromatic carbocycles. The summed E-state index contributed by atoms with van der Waals surface area (Å²) in [5, 5.41) is 9.74. The van der Waals surface area contributed by atoms with E-state index in [1.54, 1.807) is 17.2 Å². The van der Waals surface area contributed by atoms with Crippen LogP contribution in [-0.2, 0) is 13.6 Å². The van der Waals surface area contributed by atoms with Crippen molar-refractivity contribution < 1.29 is 4.79 Å². The van der Waals surface area contributed by atoms with E-state index in [0.29, 0.717) is 12.2 Å². The van der Waals surface area contributed by atoms with Gasteiger partial charge in [0.25, 0.3) is 0 Å². The third-order valence-electron chi connectivity index (χ3n) is 3.50. The number of urea groups is 1. The molecule has 0 aliphatic carbocycles. The fourth-order valence-corrected chi connectivity index (χ4v) is 2.42. The van der Waals surface area contributed by atoms with E-state index in [1.807, 2.05) is 49.0 Å². The van der Waals surface area contributed by atoms with E-state index in [0.717, 1.165) is 11.4 Å². The van der Waals surface area contributed by atoms with Gasteiger partial charge in [0, 0.05) is 36.7 Å². The molecule has 2 N–H and O–H groups in total. The Labute approximate surface area is 139 Å². The SMILES string of the molecule is CC(Cn1cncn1)NC(=O)Nc1cccc(-c2nccn2C)c1. The molecular weight excluding hydrogens is 306 g/mol. The third kappa shape index (κ3) is 3.78. The van der Waals surface area contributed by atoms with E-state index in [2.05, 4.69) is 25.7 Å². The highest BCUT2D eigenvalue weighted by Crippen LogP contribution is 2.20. The van der Waals surface area contributed by atoms with Crippen molar-refractivity contribution in [3.05, 3.63) is 49.3 Å². The minimum atomic E-state index is -0.264. The van der Waals surface area contributed by atoms with Crippen molar-refractivity contribution in [2.24, 2.45) is 7.05 Å². The number of carbonyl (C=O) groups excluding carboxylic acids is 1. The zero-order chi connectivity index (χ0) is 16.9. The maximum Gasteiger partial charge on any atom is 0.319 e. The second-order valence-corrected chi connectivity index (χ2v) is 5.56. The van der Waals surface area contributed by atoms with E-state index < -0.39 is 0 Å². The van der Waals surface area contributed by atoms with Crippen molar-refractivity contribution in [2.75, 3.05) is 5.32 Å². The van der Waals surface area contributed by atoms with Crippen molar-refractivity contribution in [1.82, 2.24) is 29.6 Å². The summed E-state index contributed by atoms with van der Waals surface area (Å²) < 4.78 is 3.60. The number of aromatic nitrogens is 5. The number of rotatable bonds is 5. The lowest BCUT2D eigenvalue weighted by atomic mass is 10.2. The number of nitrogens with zero attached hydrogens (tertiary/aromatic N) is 5. The third-order valence-corrected chi connectivity index (χ3v) is 3.50. The molecule has 3 aromatic rings. The second kappa shape index (κ2) is 6.95. The quantitative estimate of drug-likeness (QED) is 0.749. The van der Waals surface area contributed by atoms with Crippen LogP contribution in [0.1, 0.15) is 6.92 Å². The van der Waals surface area contributed by atoms with Gasteiger partial charge in [-0.15, -0.1) is 0 Å². The van der Waals surface area contributed by atoms with Crippen molar-refractivity contribution in [1.29, 1.82) is 0 Å². The van der Waals surface area contributed by atoms with Crippen LogP contribution in [0, 0.1) is 0 Å². The molecule has 1 atom stereocenters. The van der Waals surface area contributed by atoms with Gasteiger partial charge in [0.1, 0.15) is 18.5 Å². The summed E-state index contributed by atoms with van der Waals surface area (Å²) >= 11 is 0. The summed E-state index contributed by atoms with van der Waals surface area (Å²) in [6.07, 6.45) is 6.71. The van der Waals surface area contributed by atoms with Crippen molar-refractivity contribution in [2.45, 2.75) is 19.5 Å². The summed E-state index contributed by atoms with van der Waals surface area (Å²) in [7, 11) is 1.93. The smallest absolute Gasteiger partial charge is 0.319 e. The molecule has 0 spiro atoms. The van der Waals surface area contributed by atoms with Crippen LogP contribution in [0.5, 0.6) is 0 Å². The Balaban J connectivity index is 1.61. The Morgan fingerprint density at radius 2 is 2.25 bits per heavy atom. The fourth-order valence-electron chi connectivity index (χ4n) is 2.42. The summed E-state index contributed by atoms with van der Waals surface area (Å²) in [6.45, 7) is 2.46. The molecule has 2 aromatic heterocycles. The van der Waals surface area contributed by atoms with Crippen molar-refractivity contribution in [3.63, 3.8) is 0 Å². The van der Waals surface area contributed by atoms with Gasteiger partial charge < -0.3 is 15.2 Å². The highest BCUT2D eigenvalue weighted by atomic mass is 16.2. The molecule has 0 fully saturated rings. The standard InChI is InChI=1S/C16H19N7O/c1-12(9-23-11-17-10-19-23)20-16(24)21-14-5-3-4-13(8-14)15-18-6-7-22(15)2/h3-8,10-12H,9H2,1-2H3,(H2,20,21,24). The fraction of sp³-hybridized carbons (Fsp3) is 0.250. The Bertz CT molecular complexity index is 809. The van der Waals surface area contributed by atoms with Crippen LogP contribution in [0.3, 0.4) is 0 Å². The van der Waals surface area contributed by atoms with Crippen LogP contribution < -0.4 is 10.6 Å². The lowest BCUT2D eigenvalue weighted by Crippen LogP contribution is -2.38. The number of amides is 2. The minimum absolute atomic E-state index is 0.0792. The van der Waals surface area contributed by atoms with E-state index in [4.69, 9.17) is 0 Å². The van der Waals surface area contributed by atoms with Gasteiger partial charge in [-0.25, -0.2) is 14.8 Å². The normalized spacial score (nSPS) is 11.9. The maximum absolute atomic E-state index is 12.1. The molecule has 0 aliphatic rings. The van der Waals surface area contributed by atoms with Gasteiger partial charge in [0.05, 0.1) is 6.54 Å². The van der Waals surface area contributed by atoms with Gasteiger partial charge in [-0.3, -0.25) is 4.68 Å². The average Bonchev–Trinajstić information content (AvgIpc) is 3.18. The molecule has 2 amide bonds. The van der Waals surface area contributed by atoms with Gasteiger partial charge in [0.2, 0.25) is 0 Å². The van der Waals surface area contributed by atoms with E-state index >= 15 is 0 Å². The molecule has 8 nitrogen and oxygen atoms in total. The zero-order valence-corrected chi connectivity index (χ0v) is 13.5. The Kier molecular flexibility index (Phi) is 4.55. The first kappa shape index (κ1) is 15.7. The molecule has 0 radical (unpaired) electrons. The highest BCUT2D eigenvalue weighted by Gasteiger charge is 2.10. The number of nitrogens with one attached hydrogen (secondary N) is 2. The summed E-state index contributed by atoms with van der Waals surface area (Å²) in [4.78, 5) is 20.3. The molecule has 8 heteroatoms. The van der Waals surface area contributed by atoms with Gasteiger partial charge in [0.15, 0.2) is 0 Å². The lowest BCUT2D eigenvalue weighted by molar-refractivity contribution is 0.247. The number of imidazole rings is 1. The topological polar surface area (TPSA) is 89.7 Å². The molecule has 0 bridgehead atoms. The first-order valence-electron chi connectivity index (χ1n) is 7.59. The average molecular weight is 325 g/mol. The van der Waals surface area contributed by atoms with E-state index in [1.165, 1.54) is 6.33 Å². The molecule has 0 saturated carbocycles. The zero-order valence-electron chi connectivity index (χ0n) is 13.5. The molecule has 24 heavy (non-hydrogen) atoms. The number of anilines is 1. The first-order chi connectivity index (χ1) is 11.6. The van der Waals surface area contributed by atoms with Gasteiger partial charge in [-0.1, -0.05) is 12.1 Å². The van der Waals surface area contributed by atoms with Crippen LogP contribution in [-0.4, -0.2) is 36.4 Å². The number of hydrogen-bond donors (Lipinski definition) is 2. The van der Waals surface area contributed by atoms with Crippen LogP contribution in [0.25, 0.3) is 11.4 Å². The summed E-state index contributed by atoms with van der Waals surface area (Å²) in [5.41, 5.74) is 1.65. The van der Waals surface area contributed by atoms with Gasteiger partial charge >= 0.3 is 6.03 Å². The maximum atomic E-state index is 12.1. The second-order valence-electron chi connectivity index (χ2n) is 5.56. The van der Waals surface area contributed by atoms with E-state index in [-0.39, 0.29) is 12.1 Å². The molecule has 1 unspecified atom stereocenters. The number of carbonyl (C=O) groups is 1. The van der Waals surface area contributed by atoms with Crippen LogP contribution >= 0.6 is 0 Å². The van der Waals surface area contributed by atoms with Gasteiger partial charge in [-0.2, -0.15) is 5.10 Å². The number of aryl methyl sites for hydroxylation is 1. The summed E-state index contributed by atoms with van der Waals surface area (Å²) in [6, 6.07) is 7.24. The largest absolute Gasteiger partial charge is 0.334 e. The van der Waals surface area contributed by atoms with Crippen LogP contribution in [0.15, 0.2) is 49.3 Å². The van der Waals surface area contributed by atoms with Crippen LogP contribution in [0.4, 0.5) is 10.5 Å². The van der Waals surface area contributed by atoms with Crippen molar-refractivity contribution in [3.8, 4) is 11.4 Å². The Morgan fingerprint density at radius 1 is 1.38 bits per heavy atom. The number of benzene rings is 1. The summed E-state index contributed by atoms with van der Waals surface area (Å²) in [5.74, 6) is 0.846. The molecular formula is C16H19N7O. The lowest BCUT2D eigenvalue weighted by Gasteiger charge is -2.14.